The molecule has 0 spiro atoms. The molecule has 1 aliphatic heterocycles. The van der Waals surface area contributed by atoms with Crippen LogP contribution in [0.3, 0.4) is 0 Å². The topological polar surface area (TPSA) is 85.0 Å². The second kappa shape index (κ2) is 5.73. The van der Waals surface area contributed by atoms with Gasteiger partial charge in [0.1, 0.15) is 6.04 Å². The Hall–Kier alpha value is -2.28. The molecule has 0 saturated carbocycles. The summed E-state index contributed by atoms with van der Waals surface area (Å²) in [7, 11) is -2.15. The summed E-state index contributed by atoms with van der Waals surface area (Å²) in [5.74, 6) is 0.107. The van der Waals surface area contributed by atoms with Gasteiger partial charge in [0.25, 0.3) is 10.0 Å². The quantitative estimate of drug-likeness (QED) is 0.910. The summed E-state index contributed by atoms with van der Waals surface area (Å²) < 4.78 is 32.1. The molecular formula is C16H19N3O3S. The minimum atomic E-state index is -3.62. The van der Waals surface area contributed by atoms with E-state index in [2.05, 4.69) is 5.10 Å². The van der Waals surface area contributed by atoms with E-state index in [-0.39, 0.29) is 11.7 Å². The maximum atomic E-state index is 12.8. The summed E-state index contributed by atoms with van der Waals surface area (Å²) in [6.45, 7) is 1.92. The fourth-order valence-corrected chi connectivity index (χ4v) is 4.55. The summed E-state index contributed by atoms with van der Waals surface area (Å²) in [4.78, 5) is 0. The number of benzene rings is 1. The predicted octanol–water partition coefficient (Wildman–Crippen LogP) is 1.58. The van der Waals surface area contributed by atoms with Gasteiger partial charge in [0, 0.05) is 17.2 Å². The summed E-state index contributed by atoms with van der Waals surface area (Å²) >= 11 is 0. The average Bonchev–Trinajstić information content (AvgIpc) is 2.87. The van der Waals surface area contributed by atoms with Crippen LogP contribution in [0.2, 0.25) is 0 Å². The monoisotopic (exact) mass is 333 g/mol. The van der Waals surface area contributed by atoms with Gasteiger partial charge < -0.3 is 10.5 Å². The molecule has 6 nitrogen and oxygen atoms in total. The Bertz CT molecular complexity index is 797. The third-order valence-corrected chi connectivity index (χ3v) is 5.52. The number of allylic oxidation sites excluding steroid dienone is 1. The molecular weight excluding hydrogens is 314 g/mol. The number of hydrogen-bond acceptors (Lipinski definition) is 5. The molecule has 1 aromatic rings. The number of ether oxygens (including phenoxy) is 1. The van der Waals surface area contributed by atoms with Crippen LogP contribution in [0.1, 0.15) is 12.5 Å². The first kappa shape index (κ1) is 15.6. The van der Waals surface area contributed by atoms with Crippen molar-refractivity contribution in [3.8, 4) is 0 Å². The lowest BCUT2D eigenvalue weighted by Gasteiger charge is -2.29. The minimum absolute atomic E-state index is 0.0862. The van der Waals surface area contributed by atoms with E-state index in [9.17, 15) is 8.42 Å². The summed E-state index contributed by atoms with van der Waals surface area (Å²) in [5.41, 5.74) is 7.90. The molecule has 3 rings (SSSR count). The highest BCUT2D eigenvalue weighted by Crippen LogP contribution is 2.35. The zero-order valence-electron chi connectivity index (χ0n) is 13.0. The van der Waals surface area contributed by atoms with Gasteiger partial charge in [0.05, 0.1) is 12.9 Å². The van der Waals surface area contributed by atoms with Gasteiger partial charge in [0.15, 0.2) is 0 Å². The van der Waals surface area contributed by atoms with Crippen molar-refractivity contribution in [2.45, 2.75) is 18.7 Å². The molecule has 1 aliphatic carbocycles. The first-order chi connectivity index (χ1) is 10.9. The van der Waals surface area contributed by atoms with Crippen LogP contribution >= 0.6 is 0 Å². The first-order valence-electron chi connectivity index (χ1n) is 7.30. The van der Waals surface area contributed by atoms with E-state index in [0.717, 1.165) is 9.98 Å². The highest BCUT2D eigenvalue weighted by molar-refractivity contribution is 7.88. The molecule has 2 aliphatic rings. The fourth-order valence-electron chi connectivity index (χ4n) is 2.95. The molecule has 0 fully saturated rings. The van der Waals surface area contributed by atoms with E-state index >= 15 is 0 Å². The fraction of sp³-hybridized carbons (Fsp3) is 0.312. The van der Waals surface area contributed by atoms with Crippen LogP contribution < -0.4 is 5.73 Å². The van der Waals surface area contributed by atoms with E-state index in [4.69, 9.17) is 10.5 Å². The van der Waals surface area contributed by atoms with E-state index in [1.54, 1.807) is 18.2 Å². The number of nitrogens with two attached hydrogens (primary N) is 1. The van der Waals surface area contributed by atoms with Gasteiger partial charge in [-0.15, -0.1) is 5.10 Å². The molecule has 1 heterocycles. The van der Waals surface area contributed by atoms with Gasteiger partial charge in [-0.05, 0) is 11.6 Å². The number of methoxy groups -OCH3 is 1. The molecule has 2 atom stereocenters. The van der Waals surface area contributed by atoms with Crippen molar-refractivity contribution in [1.29, 1.82) is 0 Å². The van der Waals surface area contributed by atoms with Gasteiger partial charge >= 0.3 is 0 Å². The lowest BCUT2D eigenvalue weighted by Crippen LogP contribution is -2.40. The molecule has 0 radical (unpaired) electrons. The van der Waals surface area contributed by atoms with Crippen LogP contribution in [0, 0.1) is 5.92 Å². The second-order valence-corrected chi connectivity index (χ2v) is 7.52. The number of hydrogen-bond donors (Lipinski definition) is 1. The maximum absolute atomic E-state index is 12.8. The van der Waals surface area contributed by atoms with Gasteiger partial charge in [-0.1, -0.05) is 43.3 Å². The van der Waals surface area contributed by atoms with Crippen LogP contribution in [-0.4, -0.2) is 31.9 Å². The van der Waals surface area contributed by atoms with Crippen LogP contribution in [-0.2, 0) is 20.5 Å². The SMILES string of the molecule is COC1=NN(S(=O)(=O)Cc2ccccc2)C2C1=CC(N)=CC2C. The van der Waals surface area contributed by atoms with Crippen molar-refractivity contribution in [1.82, 2.24) is 4.41 Å². The third-order valence-electron chi connectivity index (χ3n) is 3.94. The normalized spacial score (nSPS) is 23.7. The molecule has 0 bridgehead atoms. The number of hydrazone groups is 1. The Morgan fingerprint density at radius 2 is 2.00 bits per heavy atom. The Kier molecular flexibility index (Phi) is 3.89. The summed E-state index contributed by atoms with van der Waals surface area (Å²) in [5, 5.41) is 4.19. The number of sulfonamides is 1. The Morgan fingerprint density at radius 1 is 1.30 bits per heavy atom. The van der Waals surface area contributed by atoms with Crippen LogP contribution in [0.15, 0.2) is 58.9 Å². The molecule has 0 aromatic heterocycles. The molecule has 1 aromatic carbocycles. The molecule has 7 heteroatoms. The Balaban J connectivity index is 1.96. The van der Waals surface area contributed by atoms with Crippen molar-refractivity contribution in [2.24, 2.45) is 16.8 Å². The standard InChI is InChI=1S/C16H19N3O3S/c1-11-8-13(17)9-14-15(11)19(18-16(14)22-2)23(20,21)10-12-6-4-3-5-7-12/h3-9,11,15H,10,17H2,1-2H3. The van der Waals surface area contributed by atoms with Crippen molar-refractivity contribution in [2.75, 3.05) is 7.11 Å². The largest absolute Gasteiger partial charge is 0.480 e. The van der Waals surface area contributed by atoms with Crippen molar-refractivity contribution in [3.05, 3.63) is 59.3 Å². The van der Waals surface area contributed by atoms with Crippen molar-refractivity contribution in [3.63, 3.8) is 0 Å². The minimum Gasteiger partial charge on any atom is -0.480 e. The predicted molar refractivity (Wildman–Crippen MR) is 88.7 cm³/mol. The van der Waals surface area contributed by atoms with Gasteiger partial charge in [-0.2, -0.15) is 4.41 Å². The molecule has 2 unspecified atom stereocenters. The van der Waals surface area contributed by atoms with E-state index in [1.165, 1.54) is 7.11 Å². The lowest BCUT2D eigenvalue weighted by molar-refractivity contribution is 0.337. The van der Waals surface area contributed by atoms with Crippen LogP contribution in [0.5, 0.6) is 0 Å². The molecule has 23 heavy (non-hydrogen) atoms. The summed E-state index contributed by atoms with van der Waals surface area (Å²) in [6, 6.07) is 8.64. The number of nitrogens with zero attached hydrogens (tertiary/aromatic N) is 2. The molecule has 2 N–H and O–H groups in total. The number of fused-ring (bicyclic) bond motifs is 1. The second-order valence-electron chi connectivity index (χ2n) is 5.69. The Morgan fingerprint density at radius 3 is 2.65 bits per heavy atom. The molecule has 122 valence electrons. The van der Waals surface area contributed by atoms with E-state index in [0.29, 0.717) is 17.2 Å². The lowest BCUT2D eigenvalue weighted by atomic mass is 9.90. The Labute approximate surface area is 136 Å². The zero-order valence-corrected chi connectivity index (χ0v) is 13.8. The van der Waals surface area contributed by atoms with Gasteiger partial charge in [-0.25, -0.2) is 8.42 Å². The molecule has 0 saturated heterocycles. The maximum Gasteiger partial charge on any atom is 0.254 e. The van der Waals surface area contributed by atoms with Crippen molar-refractivity contribution < 1.29 is 13.2 Å². The highest BCUT2D eigenvalue weighted by atomic mass is 32.2. The van der Waals surface area contributed by atoms with E-state index < -0.39 is 16.1 Å². The zero-order chi connectivity index (χ0) is 16.6. The third kappa shape index (κ3) is 2.84. The van der Waals surface area contributed by atoms with Crippen LogP contribution in [0.25, 0.3) is 0 Å². The molecule has 0 amide bonds. The highest BCUT2D eigenvalue weighted by Gasteiger charge is 2.43. The van der Waals surface area contributed by atoms with Crippen LogP contribution in [0.4, 0.5) is 0 Å². The average molecular weight is 333 g/mol. The van der Waals surface area contributed by atoms with E-state index in [1.807, 2.05) is 31.2 Å². The van der Waals surface area contributed by atoms with Gasteiger partial charge in [-0.3, -0.25) is 0 Å². The summed E-state index contributed by atoms with van der Waals surface area (Å²) in [6.07, 6.45) is 3.57. The van der Waals surface area contributed by atoms with Gasteiger partial charge in [0.2, 0.25) is 5.90 Å². The first-order valence-corrected chi connectivity index (χ1v) is 8.91. The number of rotatable bonds is 3. The smallest absolute Gasteiger partial charge is 0.254 e. The van der Waals surface area contributed by atoms with Crippen molar-refractivity contribution >= 4 is 15.9 Å².